The molecule has 0 radical (unpaired) electrons. The maximum atomic E-state index is 13.8. The number of rotatable bonds is 39. The van der Waals surface area contributed by atoms with E-state index in [1.165, 1.54) is 34.6 Å². The van der Waals surface area contributed by atoms with Gasteiger partial charge in [-0.3, -0.25) is 62.3 Å². The van der Waals surface area contributed by atoms with Gasteiger partial charge in [-0.15, -0.1) is 0 Å². The summed E-state index contributed by atoms with van der Waals surface area (Å²) in [6.45, 7) is 5.93. The maximum absolute atomic E-state index is 13.8. The fourth-order valence-electron chi connectivity index (χ4n) is 9.51. The van der Waals surface area contributed by atoms with Crippen molar-refractivity contribution in [3.05, 3.63) is 48.0 Å². The molecule has 0 aliphatic heterocycles. The SMILES string of the molecule is CC(=O)N[C@@H](C)C(=O)N[C@@H](C)C(=O)N[C@@H](C)C(=O)N[C@@H](C)C(=O)N[C@@H](CCC(=O)O)C(=O)N[C@@H](CCC(=O)O)C(=O)NCC(=O)NCC1CCC(C(=O)N[C@@H](Cc2ccc3ccccc3c2)C(=O)NCCCC[C@H](NC(=O)N[C@@H](CCC(=O)O)C(=O)O)C(=O)O)CC1. The van der Waals surface area contributed by atoms with Gasteiger partial charge in [0, 0.05) is 51.6 Å². The number of carboxylic acids is 5. The number of nitrogens with one attached hydrogen (secondary N) is 12. The molecule has 12 amide bonds. The summed E-state index contributed by atoms with van der Waals surface area (Å²) in [5.41, 5.74) is 0.744. The molecule has 0 bridgehead atoms. The summed E-state index contributed by atoms with van der Waals surface area (Å²) in [5, 5.41) is 77.6. The zero-order chi connectivity index (χ0) is 68.8. The molecule has 17 N–H and O–H groups in total. The number of carboxylic acid groups (broad SMARTS) is 5. The zero-order valence-corrected chi connectivity index (χ0v) is 51.7. The largest absolute Gasteiger partial charge is 0.481 e. The van der Waals surface area contributed by atoms with Crippen molar-refractivity contribution in [3.8, 4) is 0 Å². The number of fused-ring (bicyclic) bond motifs is 1. The number of benzene rings is 2. The van der Waals surface area contributed by atoms with Crippen LogP contribution in [0.25, 0.3) is 10.8 Å². The van der Waals surface area contributed by atoms with E-state index < -0.39 is 194 Å². The molecule has 1 aliphatic carbocycles. The first-order valence-electron chi connectivity index (χ1n) is 29.9. The first kappa shape index (κ1) is 76.3. The number of amides is 12. The Balaban J connectivity index is 1.55. The van der Waals surface area contributed by atoms with Crippen LogP contribution in [0.1, 0.15) is 124 Å². The average molecular weight is 1300 g/mol. The third-order valence-corrected chi connectivity index (χ3v) is 14.8. The van der Waals surface area contributed by atoms with Crippen LogP contribution in [-0.2, 0) is 78.3 Å². The molecule has 1 saturated carbocycles. The molecule has 2 aromatic rings. The highest BCUT2D eigenvalue weighted by molar-refractivity contribution is 5.97. The lowest BCUT2D eigenvalue weighted by Crippen LogP contribution is -2.58. The molecular formula is C59H84N12O21. The van der Waals surface area contributed by atoms with Gasteiger partial charge in [0.05, 0.1) is 6.54 Å². The molecule has 33 nitrogen and oxygen atoms in total. The third kappa shape index (κ3) is 28.2. The molecule has 3 rings (SSSR count). The highest BCUT2D eigenvalue weighted by Gasteiger charge is 2.33. The Morgan fingerprint density at radius 1 is 0.446 bits per heavy atom. The van der Waals surface area contributed by atoms with Crippen molar-refractivity contribution in [1.82, 2.24) is 63.8 Å². The molecular weight excluding hydrogens is 1210 g/mol. The second-order valence-electron chi connectivity index (χ2n) is 22.4. The van der Waals surface area contributed by atoms with Gasteiger partial charge < -0.3 is 89.3 Å². The molecule has 0 aromatic heterocycles. The fourth-order valence-corrected chi connectivity index (χ4v) is 9.51. The minimum absolute atomic E-state index is 0.0484. The number of urea groups is 1. The van der Waals surface area contributed by atoms with Crippen molar-refractivity contribution >= 4 is 106 Å². The molecule has 0 spiro atoms. The molecule has 92 heavy (non-hydrogen) atoms. The monoisotopic (exact) mass is 1300 g/mol. The van der Waals surface area contributed by atoms with E-state index in [-0.39, 0.29) is 50.6 Å². The number of hydrogen-bond donors (Lipinski definition) is 17. The predicted molar refractivity (Wildman–Crippen MR) is 323 cm³/mol. The summed E-state index contributed by atoms with van der Waals surface area (Å²) in [7, 11) is 0. The highest BCUT2D eigenvalue weighted by atomic mass is 16.4. The molecule has 9 atom stereocenters. The summed E-state index contributed by atoms with van der Waals surface area (Å²) in [6, 6.07) is -0.127. The van der Waals surface area contributed by atoms with Crippen LogP contribution in [0.15, 0.2) is 42.5 Å². The Kier molecular flexibility index (Phi) is 32.0. The standard InChI is InChI=1S/C59H84N12O21/c1-30(63-34(5)72)49(80)64-31(2)50(81)65-32(3)51(82)66-33(4)52(83)67-41(20-23-47(76)77)56(87)68-40(19-22-46(74)75)54(85)62-29-45(73)61-28-35-13-17-38(18-14-35)53(84)69-44(27-36-15-16-37-10-6-7-11-39(37)26-36)55(86)60-25-9-8-12-42(57(88)89)70-59(92)71-43(58(90)91)21-24-48(78)79/h6-7,10-11,15-16,26,30-33,35,38,40-44H,8-9,12-14,17-25,27-29H2,1-5H3,(H,60,86)(H,61,73)(H,62,85)(H,63,72)(H,64,80)(H,65,81)(H,66,82)(H,67,83)(H,68,87)(H,69,84)(H,74,75)(H,76,77)(H,78,79)(H,88,89)(H,90,91)(H2,70,71,92)/t30-,31-,32-,33-,35?,38?,40-,41-,42-,43-,44-/m0/s1. The van der Waals surface area contributed by atoms with Crippen molar-refractivity contribution in [2.24, 2.45) is 11.8 Å². The van der Waals surface area contributed by atoms with Gasteiger partial charge in [-0.2, -0.15) is 0 Å². The van der Waals surface area contributed by atoms with Crippen LogP contribution in [0.3, 0.4) is 0 Å². The third-order valence-electron chi connectivity index (χ3n) is 14.8. The van der Waals surface area contributed by atoms with E-state index in [0.717, 1.165) is 16.3 Å². The summed E-state index contributed by atoms with van der Waals surface area (Å²) in [6.07, 6.45) is -1.26. The van der Waals surface area contributed by atoms with Gasteiger partial charge in [-0.05, 0) is 114 Å². The van der Waals surface area contributed by atoms with Crippen molar-refractivity contribution in [2.75, 3.05) is 19.6 Å². The maximum Gasteiger partial charge on any atom is 0.326 e. The van der Waals surface area contributed by atoms with E-state index in [1.807, 2.05) is 42.5 Å². The lowest BCUT2D eigenvalue weighted by atomic mass is 9.81. The minimum Gasteiger partial charge on any atom is -0.481 e. The van der Waals surface area contributed by atoms with Gasteiger partial charge in [0.25, 0.3) is 0 Å². The molecule has 0 heterocycles. The average Bonchev–Trinajstić information content (AvgIpc) is 0.972. The number of carbonyl (C=O) groups is 16. The zero-order valence-electron chi connectivity index (χ0n) is 51.7. The first-order chi connectivity index (χ1) is 43.3. The molecule has 0 unspecified atom stereocenters. The van der Waals surface area contributed by atoms with Crippen LogP contribution in [0, 0.1) is 11.8 Å². The van der Waals surface area contributed by atoms with E-state index >= 15 is 0 Å². The number of aliphatic carboxylic acids is 5. The molecule has 1 fully saturated rings. The van der Waals surface area contributed by atoms with Crippen molar-refractivity contribution in [2.45, 2.75) is 179 Å². The molecule has 33 heteroatoms. The van der Waals surface area contributed by atoms with Gasteiger partial charge in [-0.1, -0.05) is 42.5 Å². The van der Waals surface area contributed by atoms with Crippen LogP contribution in [-0.4, -0.2) is 194 Å². The van der Waals surface area contributed by atoms with Crippen LogP contribution >= 0.6 is 0 Å². The van der Waals surface area contributed by atoms with Crippen LogP contribution in [0.4, 0.5) is 4.79 Å². The van der Waals surface area contributed by atoms with Gasteiger partial charge in [0.1, 0.15) is 54.4 Å². The second-order valence-corrected chi connectivity index (χ2v) is 22.4. The number of carbonyl (C=O) groups excluding carboxylic acids is 11. The van der Waals surface area contributed by atoms with Gasteiger partial charge in [-0.25, -0.2) is 14.4 Å². The lowest BCUT2D eigenvalue weighted by Gasteiger charge is -2.29. The summed E-state index contributed by atoms with van der Waals surface area (Å²) in [5.74, 6) is -15.1. The van der Waals surface area contributed by atoms with Crippen molar-refractivity contribution < 1.29 is 102 Å². The molecule has 506 valence electrons. The van der Waals surface area contributed by atoms with E-state index in [0.29, 0.717) is 25.7 Å². The molecule has 2 aromatic carbocycles. The van der Waals surface area contributed by atoms with Crippen molar-refractivity contribution in [3.63, 3.8) is 0 Å². The van der Waals surface area contributed by atoms with E-state index in [2.05, 4.69) is 63.8 Å². The van der Waals surface area contributed by atoms with Gasteiger partial charge in [0.15, 0.2) is 0 Å². The van der Waals surface area contributed by atoms with Gasteiger partial charge in [0.2, 0.25) is 59.1 Å². The minimum atomic E-state index is -1.65. The lowest BCUT2D eigenvalue weighted by molar-refractivity contribution is -0.141. The quantitative estimate of drug-likeness (QED) is 0.0322. The van der Waals surface area contributed by atoms with E-state index in [4.69, 9.17) is 5.11 Å². The Morgan fingerprint density at radius 2 is 0.902 bits per heavy atom. The Morgan fingerprint density at radius 3 is 1.41 bits per heavy atom. The topological polar surface area (TPSA) is 519 Å². The van der Waals surface area contributed by atoms with E-state index in [1.54, 1.807) is 0 Å². The smallest absolute Gasteiger partial charge is 0.326 e. The Hall–Kier alpha value is -9.98. The summed E-state index contributed by atoms with van der Waals surface area (Å²) < 4.78 is 0. The Labute approximate surface area is 528 Å². The Bertz CT molecular complexity index is 3010. The van der Waals surface area contributed by atoms with Gasteiger partial charge >= 0.3 is 35.9 Å². The van der Waals surface area contributed by atoms with Crippen molar-refractivity contribution in [1.29, 1.82) is 0 Å². The van der Waals surface area contributed by atoms with Crippen LogP contribution in [0.2, 0.25) is 0 Å². The van der Waals surface area contributed by atoms with Crippen LogP contribution in [0.5, 0.6) is 0 Å². The second kappa shape index (κ2) is 38.5. The fraction of sp³-hybridized carbons (Fsp3) is 0.559. The molecule has 0 saturated heterocycles. The molecule has 1 aliphatic rings. The number of unbranched alkanes of at least 4 members (excludes halogenated alkanes) is 1. The first-order valence-corrected chi connectivity index (χ1v) is 29.9. The highest BCUT2D eigenvalue weighted by Crippen LogP contribution is 2.29. The predicted octanol–water partition coefficient (Wildman–Crippen LogP) is -2.00. The summed E-state index contributed by atoms with van der Waals surface area (Å²) >= 11 is 0. The number of hydrogen-bond acceptors (Lipinski definition) is 16. The van der Waals surface area contributed by atoms with E-state index in [9.17, 15) is 97.1 Å². The summed E-state index contributed by atoms with van der Waals surface area (Å²) in [4.78, 5) is 200. The normalized spacial score (nSPS) is 16.4. The van der Waals surface area contributed by atoms with Crippen LogP contribution < -0.4 is 63.8 Å².